The van der Waals surface area contributed by atoms with Crippen LogP contribution in [0.2, 0.25) is 5.02 Å². The van der Waals surface area contributed by atoms with Gasteiger partial charge in [0, 0.05) is 34.6 Å². The number of carbonyl (C=O) groups is 1. The number of hydrogen-bond acceptors (Lipinski definition) is 3. The highest BCUT2D eigenvalue weighted by Crippen LogP contribution is 2.27. The SMILES string of the molecule is CCC(Nn1ccc(C=O)c1)c1ccnc2cc(Cl)ccc12. The van der Waals surface area contributed by atoms with Crippen molar-refractivity contribution in [1.29, 1.82) is 0 Å². The molecule has 0 bridgehead atoms. The molecule has 1 unspecified atom stereocenters. The molecule has 22 heavy (non-hydrogen) atoms. The zero-order chi connectivity index (χ0) is 15.5. The molecule has 2 heterocycles. The third-order valence-electron chi connectivity index (χ3n) is 3.68. The second kappa shape index (κ2) is 6.20. The molecule has 0 saturated heterocycles. The maximum atomic E-state index is 10.8. The molecule has 1 aromatic carbocycles. The van der Waals surface area contributed by atoms with Gasteiger partial charge in [-0.1, -0.05) is 24.6 Å². The van der Waals surface area contributed by atoms with Gasteiger partial charge in [-0.3, -0.25) is 14.5 Å². The Balaban J connectivity index is 1.97. The zero-order valence-electron chi connectivity index (χ0n) is 12.2. The molecular weight excluding hydrogens is 298 g/mol. The van der Waals surface area contributed by atoms with E-state index in [-0.39, 0.29) is 6.04 Å². The van der Waals surface area contributed by atoms with Crippen LogP contribution in [0.1, 0.15) is 35.3 Å². The van der Waals surface area contributed by atoms with E-state index in [0.717, 1.165) is 29.2 Å². The van der Waals surface area contributed by atoms with Crippen molar-refractivity contribution >= 4 is 28.8 Å². The summed E-state index contributed by atoms with van der Waals surface area (Å²) in [6, 6.07) is 9.64. The van der Waals surface area contributed by atoms with Gasteiger partial charge in [-0.25, -0.2) is 0 Å². The summed E-state index contributed by atoms with van der Waals surface area (Å²) in [6.07, 6.45) is 7.15. The minimum absolute atomic E-state index is 0.110. The Bertz CT molecular complexity index is 813. The minimum atomic E-state index is 0.110. The molecule has 4 nitrogen and oxygen atoms in total. The lowest BCUT2D eigenvalue weighted by Gasteiger charge is -2.21. The Morgan fingerprint density at radius 1 is 1.36 bits per heavy atom. The molecule has 3 aromatic rings. The molecular formula is C17H16ClN3O. The van der Waals surface area contributed by atoms with Crippen LogP contribution >= 0.6 is 11.6 Å². The van der Waals surface area contributed by atoms with Crippen LogP contribution in [0.5, 0.6) is 0 Å². The number of aldehydes is 1. The van der Waals surface area contributed by atoms with Crippen LogP contribution in [0.25, 0.3) is 10.9 Å². The zero-order valence-corrected chi connectivity index (χ0v) is 12.9. The average molecular weight is 314 g/mol. The van der Waals surface area contributed by atoms with Gasteiger partial charge in [0.2, 0.25) is 0 Å². The van der Waals surface area contributed by atoms with Crippen molar-refractivity contribution in [2.75, 3.05) is 5.43 Å². The number of rotatable bonds is 5. The summed E-state index contributed by atoms with van der Waals surface area (Å²) in [4.78, 5) is 15.2. The molecule has 0 radical (unpaired) electrons. The second-order valence-corrected chi connectivity index (χ2v) is 5.56. The van der Waals surface area contributed by atoms with Crippen LogP contribution < -0.4 is 5.43 Å². The molecule has 0 aliphatic heterocycles. The van der Waals surface area contributed by atoms with Crippen LogP contribution in [0.15, 0.2) is 48.9 Å². The monoisotopic (exact) mass is 313 g/mol. The topological polar surface area (TPSA) is 46.9 Å². The van der Waals surface area contributed by atoms with Gasteiger partial charge >= 0.3 is 0 Å². The lowest BCUT2D eigenvalue weighted by Crippen LogP contribution is -2.19. The van der Waals surface area contributed by atoms with E-state index in [0.29, 0.717) is 10.6 Å². The number of nitrogens with zero attached hydrogens (tertiary/aromatic N) is 2. The fraction of sp³-hybridized carbons (Fsp3) is 0.176. The first-order valence-electron chi connectivity index (χ1n) is 7.15. The first-order chi connectivity index (χ1) is 10.7. The summed E-state index contributed by atoms with van der Waals surface area (Å²) in [5, 5.41) is 1.76. The molecule has 0 aliphatic rings. The molecule has 0 saturated carbocycles. The van der Waals surface area contributed by atoms with E-state index in [9.17, 15) is 4.79 Å². The first kappa shape index (κ1) is 14.6. The number of aromatic nitrogens is 2. The second-order valence-electron chi connectivity index (χ2n) is 5.12. The first-order valence-corrected chi connectivity index (χ1v) is 7.53. The van der Waals surface area contributed by atoms with Crippen molar-refractivity contribution < 1.29 is 4.79 Å². The van der Waals surface area contributed by atoms with Gasteiger partial charge in [-0.15, -0.1) is 0 Å². The molecule has 0 aliphatic carbocycles. The number of hydrogen-bond donors (Lipinski definition) is 1. The normalized spacial score (nSPS) is 12.3. The van der Waals surface area contributed by atoms with Gasteiger partial charge < -0.3 is 5.43 Å². The average Bonchev–Trinajstić information content (AvgIpc) is 2.99. The number of benzene rings is 1. The van der Waals surface area contributed by atoms with E-state index in [1.165, 1.54) is 0 Å². The highest BCUT2D eigenvalue weighted by atomic mass is 35.5. The van der Waals surface area contributed by atoms with Crippen LogP contribution in [0, 0.1) is 0 Å². The summed E-state index contributed by atoms with van der Waals surface area (Å²) >= 11 is 6.04. The van der Waals surface area contributed by atoms with Crippen molar-refractivity contribution in [3.05, 3.63) is 65.1 Å². The van der Waals surface area contributed by atoms with Crippen molar-refractivity contribution in [3.8, 4) is 0 Å². The van der Waals surface area contributed by atoms with Gasteiger partial charge in [0.05, 0.1) is 11.6 Å². The summed E-state index contributed by atoms with van der Waals surface area (Å²) < 4.78 is 1.82. The number of halogens is 1. The van der Waals surface area contributed by atoms with Gasteiger partial charge in [0.1, 0.15) is 0 Å². The van der Waals surface area contributed by atoms with E-state index in [4.69, 9.17) is 11.6 Å². The Labute approximate surface area is 133 Å². The maximum Gasteiger partial charge on any atom is 0.151 e. The number of pyridine rings is 1. The summed E-state index contributed by atoms with van der Waals surface area (Å²) in [5.74, 6) is 0. The van der Waals surface area contributed by atoms with Crippen molar-refractivity contribution in [3.63, 3.8) is 0 Å². The van der Waals surface area contributed by atoms with E-state index in [1.54, 1.807) is 18.5 Å². The molecule has 1 atom stereocenters. The van der Waals surface area contributed by atoms with Gasteiger partial charge in [-0.2, -0.15) is 0 Å². The molecule has 2 aromatic heterocycles. The predicted molar refractivity (Wildman–Crippen MR) is 89.0 cm³/mol. The van der Waals surface area contributed by atoms with E-state index in [2.05, 4.69) is 17.3 Å². The smallest absolute Gasteiger partial charge is 0.151 e. The van der Waals surface area contributed by atoms with Gasteiger partial charge in [0.25, 0.3) is 0 Å². The Kier molecular flexibility index (Phi) is 4.11. The number of nitrogens with one attached hydrogen (secondary N) is 1. The number of fused-ring (bicyclic) bond motifs is 1. The predicted octanol–water partition coefficient (Wildman–Crippen LogP) is 4.20. The largest absolute Gasteiger partial charge is 0.319 e. The highest BCUT2D eigenvalue weighted by Gasteiger charge is 2.13. The molecule has 0 fully saturated rings. The molecule has 0 amide bonds. The van der Waals surface area contributed by atoms with Gasteiger partial charge in [0.15, 0.2) is 6.29 Å². The summed E-state index contributed by atoms with van der Waals surface area (Å²) in [5.41, 5.74) is 6.09. The fourth-order valence-electron chi connectivity index (χ4n) is 2.57. The van der Waals surface area contributed by atoms with Gasteiger partial charge in [-0.05, 0) is 36.2 Å². The summed E-state index contributed by atoms with van der Waals surface area (Å²) in [6.45, 7) is 2.12. The van der Waals surface area contributed by atoms with Crippen LogP contribution in [0.3, 0.4) is 0 Å². The Morgan fingerprint density at radius 2 is 2.23 bits per heavy atom. The standard InChI is InChI=1S/C17H16ClN3O/c1-2-16(20-21-8-6-12(10-21)11-22)15-5-7-19-17-9-13(18)3-4-14(15)17/h3-11,16,20H,2H2,1H3. The van der Waals surface area contributed by atoms with E-state index >= 15 is 0 Å². The van der Waals surface area contributed by atoms with Crippen LogP contribution in [-0.4, -0.2) is 15.9 Å². The minimum Gasteiger partial charge on any atom is -0.319 e. The quantitative estimate of drug-likeness (QED) is 0.718. The van der Waals surface area contributed by atoms with Crippen molar-refractivity contribution in [2.24, 2.45) is 0 Å². The fourth-order valence-corrected chi connectivity index (χ4v) is 2.74. The Morgan fingerprint density at radius 3 is 2.95 bits per heavy atom. The molecule has 3 rings (SSSR count). The third-order valence-corrected chi connectivity index (χ3v) is 3.91. The molecule has 1 N–H and O–H groups in total. The lowest BCUT2D eigenvalue weighted by molar-refractivity contribution is 0.112. The Hall–Kier alpha value is -2.33. The highest BCUT2D eigenvalue weighted by molar-refractivity contribution is 6.31. The molecule has 0 spiro atoms. The summed E-state index contributed by atoms with van der Waals surface area (Å²) in [7, 11) is 0. The van der Waals surface area contributed by atoms with Crippen LogP contribution in [0.4, 0.5) is 0 Å². The molecule has 5 heteroatoms. The van der Waals surface area contributed by atoms with Crippen molar-refractivity contribution in [1.82, 2.24) is 9.66 Å². The van der Waals surface area contributed by atoms with Crippen molar-refractivity contribution in [2.45, 2.75) is 19.4 Å². The number of carbonyl (C=O) groups excluding carboxylic acids is 1. The molecule has 112 valence electrons. The lowest BCUT2D eigenvalue weighted by atomic mass is 10.0. The van der Waals surface area contributed by atoms with Crippen LogP contribution in [-0.2, 0) is 0 Å². The maximum absolute atomic E-state index is 10.8. The third kappa shape index (κ3) is 2.83. The van der Waals surface area contributed by atoms with E-state index < -0.39 is 0 Å². The van der Waals surface area contributed by atoms with E-state index in [1.807, 2.05) is 35.1 Å².